The number of methoxy groups -OCH3 is 1. The van der Waals surface area contributed by atoms with Crippen LogP contribution in [0.5, 0.6) is 0 Å². The highest BCUT2D eigenvalue weighted by Crippen LogP contribution is 2.27. The molecule has 1 aliphatic heterocycles. The van der Waals surface area contributed by atoms with Crippen LogP contribution in [0.25, 0.3) is 0 Å². The zero-order chi connectivity index (χ0) is 28.5. The highest BCUT2D eigenvalue weighted by molar-refractivity contribution is 5.93. The maximum atomic E-state index is 13.3. The predicted molar refractivity (Wildman–Crippen MR) is 144 cm³/mol. The third kappa shape index (κ3) is 10.6. The number of ether oxygens (including phenoxy) is 3. The van der Waals surface area contributed by atoms with Crippen LogP contribution in [0.2, 0.25) is 0 Å². The maximum Gasteiger partial charge on any atom is 0.407 e. The molecule has 2 amide bonds. The Morgan fingerprint density at radius 1 is 1.00 bits per heavy atom. The van der Waals surface area contributed by atoms with Crippen LogP contribution < -0.4 is 10.6 Å². The topological polar surface area (TPSA) is 123 Å². The summed E-state index contributed by atoms with van der Waals surface area (Å²) in [6.07, 6.45) is 2.75. The summed E-state index contributed by atoms with van der Waals surface area (Å²) in [7, 11) is 1.29. The Hall–Kier alpha value is -3.30. The zero-order valence-electron chi connectivity index (χ0n) is 23.8. The second kappa shape index (κ2) is 13.5. The lowest BCUT2D eigenvalue weighted by atomic mass is 10.1. The van der Waals surface area contributed by atoms with E-state index in [4.69, 9.17) is 14.2 Å². The van der Waals surface area contributed by atoms with Gasteiger partial charge in [0.05, 0.1) is 19.1 Å². The van der Waals surface area contributed by atoms with E-state index in [0.29, 0.717) is 30.9 Å². The molecule has 1 aromatic carbocycles. The minimum absolute atomic E-state index is 0.102. The van der Waals surface area contributed by atoms with Crippen LogP contribution in [0.15, 0.2) is 18.2 Å². The minimum Gasteiger partial charge on any atom is -0.469 e. The van der Waals surface area contributed by atoms with Crippen molar-refractivity contribution in [2.24, 2.45) is 0 Å². The van der Waals surface area contributed by atoms with Gasteiger partial charge in [0.25, 0.3) is 0 Å². The first-order chi connectivity index (χ1) is 17.7. The normalized spacial score (nSPS) is 15.6. The van der Waals surface area contributed by atoms with Gasteiger partial charge in [-0.05, 0) is 78.1 Å². The van der Waals surface area contributed by atoms with Crippen molar-refractivity contribution in [3.63, 3.8) is 0 Å². The van der Waals surface area contributed by atoms with Crippen LogP contribution in [0.1, 0.15) is 89.6 Å². The molecule has 0 fully saturated rings. The van der Waals surface area contributed by atoms with Gasteiger partial charge < -0.3 is 29.7 Å². The Labute approximate surface area is 225 Å². The summed E-state index contributed by atoms with van der Waals surface area (Å²) >= 11 is 0. The molecular weight excluding hydrogens is 490 g/mol. The molecule has 0 aromatic heterocycles. The minimum atomic E-state index is -0.769. The number of hydrogen-bond donors (Lipinski definition) is 2. The molecule has 212 valence electrons. The molecule has 0 saturated heterocycles. The van der Waals surface area contributed by atoms with Gasteiger partial charge in [-0.25, -0.2) is 9.59 Å². The summed E-state index contributed by atoms with van der Waals surface area (Å²) in [4.78, 5) is 51.4. The quantitative estimate of drug-likeness (QED) is 0.258. The van der Waals surface area contributed by atoms with E-state index in [0.717, 1.165) is 31.2 Å². The van der Waals surface area contributed by atoms with Gasteiger partial charge >= 0.3 is 18.0 Å². The van der Waals surface area contributed by atoms with Gasteiger partial charge in [-0.15, -0.1) is 0 Å². The lowest BCUT2D eigenvalue weighted by molar-refractivity contribution is -0.144. The van der Waals surface area contributed by atoms with E-state index < -0.39 is 35.3 Å². The smallest absolute Gasteiger partial charge is 0.407 e. The first-order valence-corrected chi connectivity index (χ1v) is 13.1. The van der Waals surface area contributed by atoms with E-state index in [2.05, 4.69) is 10.6 Å². The lowest BCUT2D eigenvalue weighted by Crippen LogP contribution is -2.42. The van der Waals surface area contributed by atoms with Crippen molar-refractivity contribution < 1.29 is 33.4 Å². The number of esters is 2. The van der Waals surface area contributed by atoms with Crippen LogP contribution in [0, 0.1) is 0 Å². The van der Waals surface area contributed by atoms with Crippen molar-refractivity contribution in [2.75, 3.05) is 25.5 Å². The number of amides is 2. The van der Waals surface area contributed by atoms with Gasteiger partial charge in [0.15, 0.2) is 0 Å². The molecule has 1 aromatic rings. The van der Waals surface area contributed by atoms with E-state index in [1.807, 2.05) is 20.8 Å². The monoisotopic (exact) mass is 533 g/mol. The number of fused-ring (bicyclic) bond motifs is 1. The fourth-order valence-corrected chi connectivity index (χ4v) is 3.95. The molecule has 1 unspecified atom stereocenters. The first kappa shape index (κ1) is 30.9. The standard InChI is InChI=1S/C28H43N3O7/c1-27(2,3)37-25(34)19-12-13-21-20(16-19)18-31(24(33)22(30-21)17-23(32)36-7)15-11-9-8-10-14-29-26(35)38-28(4,5)6/h12-13,16,22,30H,8-11,14-15,17-18H2,1-7H3,(H,29,35). The van der Waals surface area contributed by atoms with Crippen LogP contribution >= 0.6 is 0 Å². The Bertz CT molecular complexity index is 995. The van der Waals surface area contributed by atoms with Crippen molar-refractivity contribution in [1.82, 2.24) is 10.2 Å². The largest absolute Gasteiger partial charge is 0.469 e. The third-order valence-corrected chi connectivity index (χ3v) is 5.66. The number of hydrogen-bond acceptors (Lipinski definition) is 8. The molecule has 2 N–H and O–H groups in total. The summed E-state index contributed by atoms with van der Waals surface area (Å²) in [6, 6.07) is 4.36. The molecule has 10 heteroatoms. The number of rotatable bonds is 10. The molecule has 0 saturated carbocycles. The highest BCUT2D eigenvalue weighted by Gasteiger charge is 2.31. The lowest BCUT2D eigenvalue weighted by Gasteiger charge is -2.24. The van der Waals surface area contributed by atoms with Crippen molar-refractivity contribution in [2.45, 2.75) is 97.4 Å². The molecule has 0 bridgehead atoms. The number of benzene rings is 1. The molecule has 2 rings (SSSR count). The predicted octanol–water partition coefficient (Wildman–Crippen LogP) is 4.41. The summed E-state index contributed by atoms with van der Waals surface area (Å²) in [5.74, 6) is -1.12. The van der Waals surface area contributed by atoms with Gasteiger partial charge in [-0.3, -0.25) is 9.59 Å². The number of anilines is 1. The van der Waals surface area contributed by atoms with Crippen molar-refractivity contribution in [3.05, 3.63) is 29.3 Å². The summed E-state index contributed by atoms with van der Waals surface area (Å²) in [5, 5.41) is 5.92. The van der Waals surface area contributed by atoms with Gasteiger partial charge in [0.2, 0.25) is 5.91 Å². The summed E-state index contributed by atoms with van der Waals surface area (Å²) in [6.45, 7) is 12.2. The Morgan fingerprint density at radius 2 is 1.66 bits per heavy atom. The average Bonchev–Trinajstić information content (AvgIpc) is 2.92. The number of alkyl carbamates (subject to hydrolysis) is 1. The Kier molecular flexibility index (Phi) is 11.0. The van der Waals surface area contributed by atoms with E-state index in [1.54, 1.807) is 43.9 Å². The van der Waals surface area contributed by atoms with Crippen molar-refractivity contribution in [3.8, 4) is 0 Å². The molecule has 38 heavy (non-hydrogen) atoms. The average molecular weight is 534 g/mol. The molecule has 1 atom stereocenters. The third-order valence-electron chi connectivity index (χ3n) is 5.66. The molecule has 1 aliphatic rings. The summed E-state index contributed by atoms with van der Waals surface area (Å²) < 4.78 is 15.5. The fraction of sp³-hybridized carbons (Fsp3) is 0.643. The van der Waals surface area contributed by atoms with Crippen molar-refractivity contribution in [1.29, 1.82) is 0 Å². The van der Waals surface area contributed by atoms with Gasteiger partial charge in [-0.2, -0.15) is 0 Å². The van der Waals surface area contributed by atoms with E-state index in [1.165, 1.54) is 7.11 Å². The van der Waals surface area contributed by atoms with Crippen LogP contribution in [-0.2, 0) is 30.3 Å². The highest BCUT2D eigenvalue weighted by atomic mass is 16.6. The second-order valence-electron chi connectivity index (χ2n) is 11.5. The number of unbranched alkanes of at least 4 members (excludes halogenated alkanes) is 3. The Balaban J connectivity index is 2.01. The first-order valence-electron chi connectivity index (χ1n) is 13.1. The molecule has 1 heterocycles. The molecular formula is C28H43N3O7. The van der Waals surface area contributed by atoms with Gasteiger partial charge in [0, 0.05) is 25.3 Å². The number of carbonyl (C=O) groups excluding carboxylic acids is 4. The van der Waals surface area contributed by atoms with E-state index >= 15 is 0 Å². The molecule has 0 radical (unpaired) electrons. The second-order valence-corrected chi connectivity index (χ2v) is 11.5. The SMILES string of the molecule is COC(=O)CC1Nc2ccc(C(=O)OC(C)(C)C)cc2CN(CCCCCCNC(=O)OC(C)(C)C)C1=O. The molecule has 0 spiro atoms. The molecule has 10 nitrogen and oxygen atoms in total. The van der Waals surface area contributed by atoms with Gasteiger partial charge in [0.1, 0.15) is 17.2 Å². The van der Waals surface area contributed by atoms with Crippen LogP contribution in [0.4, 0.5) is 10.5 Å². The zero-order valence-corrected chi connectivity index (χ0v) is 23.8. The molecule has 0 aliphatic carbocycles. The fourth-order valence-electron chi connectivity index (χ4n) is 3.95. The number of carbonyl (C=O) groups is 4. The van der Waals surface area contributed by atoms with Crippen LogP contribution in [-0.4, -0.2) is 66.3 Å². The van der Waals surface area contributed by atoms with E-state index in [-0.39, 0.29) is 12.3 Å². The summed E-state index contributed by atoms with van der Waals surface area (Å²) in [5.41, 5.74) is 0.706. The van der Waals surface area contributed by atoms with Crippen molar-refractivity contribution >= 4 is 29.6 Å². The number of nitrogens with zero attached hydrogens (tertiary/aromatic N) is 1. The maximum absolute atomic E-state index is 13.3. The van der Waals surface area contributed by atoms with Gasteiger partial charge in [-0.1, -0.05) is 12.8 Å². The van der Waals surface area contributed by atoms with E-state index in [9.17, 15) is 19.2 Å². The van der Waals surface area contributed by atoms with Crippen LogP contribution in [0.3, 0.4) is 0 Å². The Morgan fingerprint density at radius 3 is 2.29 bits per heavy atom. The number of nitrogens with one attached hydrogen (secondary N) is 2.